The van der Waals surface area contributed by atoms with E-state index in [-0.39, 0.29) is 17.7 Å². The average molecular weight is 393 g/mol. The van der Waals surface area contributed by atoms with E-state index < -0.39 is 43.3 Å². The molecule has 3 rings (SSSR count). The van der Waals surface area contributed by atoms with Gasteiger partial charge in [0.05, 0.1) is 31.3 Å². The van der Waals surface area contributed by atoms with Crippen molar-refractivity contribution in [2.75, 3.05) is 13.1 Å². The van der Waals surface area contributed by atoms with Gasteiger partial charge in [0.15, 0.2) is 0 Å². The van der Waals surface area contributed by atoms with Gasteiger partial charge in [-0.3, -0.25) is 9.59 Å². The van der Waals surface area contributed by atoms with Crippen LogP contribution in [0.15, 0.2) is 41.3 Å². The second-order valence-electron chi connectivity index (χ2n) is 6.17. The number of halogens is 3. The lowest BCUT2D eigenvalue weighted by Crippen LogP contribution is -2.43. The Morgan fingerprint density at radius 2 is 2.11 bits per heavy atom. The number of carbonyl (C=O) groups excluding carboxylic acids is 2. The molecule has 5 nitrogen and oxygen atoms in total. The van der Waals surface area contributed by atoms with Crippen molar-refractivity contribution in [3.63, 3.8) is 0 Å². The van der Waals surface area contributed by atoms with E-state index in [1.54, 1.807) is 36.4 Å². The molecule has 2 amide bonds. The third kappa shape index (κ3) is 4.01. The summed E-state index contributed by atoms with van der Waals surface area (Å²) in [5.74, 6) is -4.42. The molecule has 0 saturated carbocycles. The molecule has 0 bridgehead atoms. The fourth-order valence-electron chi connectivity index (χ4n) is 3.05. The maximum atomic E-state index is 13.4. The number of hydrogen-bond acceptors (Lipinski definition) is 4. The summed E-state index contributed by atoms with van der Waals surface area (Å²) in [6.07, 6.45) is -0.707. The summed E-state index contributed by atoms with van der Waals surface area (Å²) in [5.41, 5.74) is 0.277. The van der Waals surface area contributed by atoms with Gasteiger partial charge in [-0.2, -0.15) is 9.15 Å². The van der Waals surface area contributed by atoms with Crippen LogP contribution < -0.4 is 5.32 Å². The first kappa shape index (κ1) is 19.0. The molecule has 0 aromatic heterocycles. The van der Waals surface area contributed by atoms with Crippen molar-refractivity contribution in [1.29, 1.82) is 5.26 Å². The molecule has 1 fully saturated rings. The lowest BCUT2D eigenvalue weighted by Gasteiger charge is -2.19. The SMILES string of the molecule is N#CC1CC(F)(F)CN1C(=O)CNC(=O)c1cccc2cc(SF)ccc12. The van der Waals surface area contributed by atoms with E-state index in [2.05, 4.69) is 5.32 Å². The number of fused-ring (bicyclic) bond motifs is 1. The Morgan fingerprint density at radius 1 is 1.33 bits per heavy atom. The molecule has 0 radical (unpaired) electrons. The highest BCUT2D eigenvalue weighted by Crippen LogP contribution is 2.31. The highest BCUT2D eigenvalue weighted by Gasteiger charge is 2.47. The predicted octanol–water partition coefficient (Wildman–Crippen LogP) is 3.31. The fraction of sp³-hybridized carbons (Fsp3) is 0.278. The first-order valence-electron chi connectivity index (χ1n) is 8.01. The molecule has 1 atom stereocenters. The maximum absolute atomic E-state index is 13.4. The number of rotatable bonds is 4. The van der Waals surface area contributed by atoms with Crippen molar-refractivity contribution in [1.82, 2.24) is 10.2 Å². The van der Waals surface area contributed by atoms with Gasteiger partial charge in [0.2, 0.25) is 5.91 Å². The van der Waals surface area contributed by atoms with Gasteiger partial charge in [0.1, 0.15) is 6.04 Å². The van der Waals surface area contributed by atoms with Crippen molar-refractivity contribution < 1.29 is 22.3 Å². The Balaban J connectivity index is 1.72. The highest BCUT2D eigenvalue weighted by atomic mass is 32.2. The minimum absolute atomic E-state index is 0.0899. The summed E-state index contributed by atoms with van der Waals surface area (Å²) >= 11 is 0.0899. The van der Waals surface area contributed by atoms with Gasteiger partial charge in [-0.05, 0) is 29.0 Å². The molecule has 1 heterocycles. The molecule has 1 saturated heterocycles. The molecular weight excluding hydrogens is 379 g/mol. The third-order valence-corrected chi connectivity index (χ3v) is 4.76. The van der Waals surface area contributed by atoms with Crippen molar-refractivity contribution in [2.24, 2.45) is 0 Å². The van der Waals surface area contributed by atoms with Crippen LogP contribution in [0.2, 0.25) is 0 Å². The van der Waals surface area contributed by atoms with Crippen LogP contribution in [-0.2, 0) is 4.79 Å². The molecule has 1 aliphatic heterocycles. The van der Waals surface area contributed by atoms with Crippen molar-refractivity contribution in [2.45, 2.75) is 23.3 Å². The summed E-state index contributed by atoms with van der Waals surface area (Å²) in [6.45, 7) is -1.33. The van der Waals surface area contributed by atoms with Crippen LogP contribution in [0.1, 0.15) is 16.8 Å². The fourth-order valence-corrected chi connectivity index (χ4v) is 3.35. The molecule has 140 valence electrons. The van der Waals surface area contributed by atoms with E-state index in [1.807, 2.05) is 0 Å². The topological polar surface area (TPSA) is 73.2 Å². The lowest BCUT2D eigenvalue weighted by molar-refractivity contribution is -0.131. The Labute approximate surface area is 157 Å². The molecule has 0 spiro atoms. The standard InChI is InChI=1S/C18H14F3N3O2S/c19-18(20)7-12(8-22)24(10-18)16(25)9-23-17(26)15-3-1-2-11-6-13(27-21)4-5-14(11)15/h1-6,12H,7,9-10H2,(H,23,26). The molecule has 27 heavy (non-hydrogen) atoms. The Bertz CT molecular complexity index is 945. The van der Waals surface area contributed by atoms with Gasteiger partial charge in [-0.15, -0.1) is 0 Å². The van der Waals surface area contributed by atoms with Gasteiger partial charge in [-0.1, -0.05) is 18.2 Å². The van der Waals surface area contributed by atoms with E-state index in [1.165, 1.54) is 6.07 Å². The number of nitrogens with zero attached hydrogens (tertiary/aromatic N) is 2. The molecule has 2 aromatic carbocycles. The first-order chi connectivity index (χ1) is 12.8. The number of nitriles is 1. The second-order valence-corrected chi connectivity index (χ2v) is 6.80. The summed E-state index contributed by atoms with van der Waals surface area (Å²) < 4.78 is 39.6. The molecule has 9 heteroatoms. The molecule has 1 N–H and O–H groups in total. The van der Waals surface area contributed by atoms with E-state index >= 15 is 0 Å². The van der Waals surface area contributed by atoms with Gasteiger partial charge in [0.25, 0.3) is 11.8 Å². The Hall–Kier alpha value is -2.73. The second kappa shape index (κ2) is 7.48. The molecule has 0 aliphatic carbocycles. The van der Waals surface area contributed by atoms with Gasteiger partial charge in [0, 0.05) is 16.9 Å². The van der Waals surface area contributed by atoms with Crippen molar-refractivity contribution >= 4 is 34.7 Å². The number of likely N-dealkylation sites (tertiary alicyclic amines) is 1. The van der Waals surface area contributed by atoms with E-state index in [0.717, 1.165) is 4.90 Å². The van der Waals surface area contributed by atoms with Crippen LogP contribution in [0, 0.1) is 11.3 Å². The molecule has 1 aliphatic rings. The number of alkyl halides is 2. The van der Waals surface area contributed by atoms with Crippen LogP contribution >= 0.6 is 12.1 Å². The number of amides is 2. The zero-order valence-electron chi connectivity index (χ0n) is 13.9. The number of carbonyl (C=O) groups is 2. The largest absolute Gasteiger partial charge is 0.343 e. The Kier molecular flexibility index (Phi) is 5.28. The van der Waals surface area contributed by atoms with E-state index in [9.17, 15) is 22.3 Å². The smallest absolute Gasteiger partial charge is 0.268 e. The molecular formula is C18H14F3N3O2S. The summed E-state index contributed by atoms with van der Waals surface area (Å²) in [7, 11) is 0. The van der Waals surface area contributed by atoms with E-state index in [0.29, 0.717) is 15.7 Å². The minimum Gasteiger partial charge on any atom is -0.343 e. The summed E-state index contributed by atoms with van der Waals surface area (Å²) in [5, 5.41) is 12.6. The van der Waals surface area contributed by atoms with Crippen LogP contribution in [0.25, 0.3) is 10.8 Å². The monoisotopic (exact) mass is 393 g/mol. The quantitative estimate of drug-likeness (QED) is 0.865. The zero-order chi connectivity index (χ0) is 19.6. The number of hydrogen-bond donors (Lipinski definition) is 1. The van der Waals surface area contributed by atoms with Gasteiger partial charge in [-0.25, -0.2) is 8.78 Å². The molecule has 1 unspecified atom stereocenters. The van der Waals surface area contributed by atoms with Gasteiger partial charge >= 0.3 is 0 Å². The van der Waals surface area contributed by atoms with Crippen LogP contribution in [-0.4, -0.2) is 41.8 Å². The number of benzene rings is 2. The summed E-state index contributed by atoms with van der Waals surface area (Å²) in [6, 6.07) is 10.1. The van der Waals surface area contributed by atoms with Crippen LogP contribution in [0.3, 0.4) is 0 Å². The zero-order valence-corrected chi connectivity index (χ0v) is 14.7. The maximum Gasteiger partial charge on any atom is 0.268 e. The summed E-state index contributed by atoms with van der Waals surface area (Å²) in [4.78, 5) is 25.8. The van der Waals surface area contributed by atoms with Crippen LogP contribution in [0.5, 0.6) is 0 Å². The average Bonchev–Trinajstić information content (AvgIpc) is 2.99. The highest BCUT2D eigenvalue weighted by molar-refractivity contribution is 7.94. The normalized spacial score (nSPS) is 18.3. The van der Waals surface area contributed by atoms with Crippen molar-refractivity contribution in [3.05, 3.63) is 42.0 Å². The lowest BCUT2D eigenvalue weighted by atomic mass is 10.0. The van der Waals surface area contributed by atoms with Crippen LogP contribution in [0.4, 0.5) is 12.7 Å². The number of nitrogens with one attached hydrogen (secondary N) is 1. The minimum atomic E-state index is -3.11. The molecule has 2 aromatic rings. The van der Waals surface area contributed by atoms with Crippen molar-refractivity contribution in [3.8, 4) is 6.07 Å². The first-order valence-corrected chi connectivity index (χ1v) is 8.73. The van der Waals surface area contributed by atoms with Gasteiger partial charge < -0.3 is 10.2 Å². The Morgan fingerprint density at radius 3 is 2.81 bits per heavy atom. The van der Waals surface area contributed by atoms with E-state index in [4.69, 9.17) is 5.26 Å². The third-order valence-electron chi connectivity index (χ3n) is 4.33. The predicted molar refractivity (Wildman–Crippen MR) is 93.9 cm³/mol.